The number of carbonyl (C=O) groups is 1. The van der Waals surface area contributed by atoms with Gasteiger partial charge in [0.05, 0.1) is 6.61 Å². The zero-order valence-electron chi connectivity index (χ0n) is 9.06. The van der Waals surface area contributed by atoms with Crippen molar-refractivity contribution >= 4 is 6.09 Å². The lowest BCUT2D eigenvalue weighted by atomic mass is 10.2. The van der Waals surface area contributed by atoms with E-state index in [9.17, 15) is 4.79 Å². The molecule has 0 aromatic carbocycles. The first-order chi connectivity index (χ1) is 6.81. The maximum atomic E-state index is 10.8. The van der Waals surface area contributed by atoms with Crippen LogP contribution in [0.2, 0.25) is 0 Å². The Kier molecular flexibility index (Phi) is 9.09. The maximum Gasteiger partial charge on any atom is 0.407 e. The van der Waals surface area contributed by atoms with Crippen LogP contribution >= 0.6 is 0 Å². The summed E-state index contributed by atoms with van der Waals surface area (Å²) in [6.45, 7) is 4.90. The van der Waals surface area contributed by atoms with Crippen LogP contribution in [0.15, 0.2) is 0 Å². The summed E-state index contributed by atoms with van der Waals surface area (Å²) in [5, 5.41) is 2.61. The number of alkyl carbamates (subject to hydrolysis) is 1. The Labute approximate surface area is 86.2 Å². The van der Waals surface area contributed by atoms with Crippen LogP contribution in [-0.2, 0) is 4.74 Å². The molecule has 0 unspecified atom stereocenters. The molecule has 0 radical (unpaired) electrons. The predicted molar refractivity (Wildman–Crippen MR) is 56.9 cm³/mol. The van der Waals surface area contributed by atoms with E-state index in [1.54, 1.807) is 6.92 Å². The summed E-state index contributed by atoms with van der Waals surface area (Å²) in [7, 11) is 0. The van der Waals surface area contributed by atoms with Crippen LogP contribution in [0.25, 0.3) is 0 Å². The van der Waals surface area contributed by atoms with Gasteiger partial charge in [-0.25, -0.2) is 4.79 Å². The standard InChI is InChI=1S/C11H19NO2/c1-3-5-6-7-8-9-10-12-11(13)14-4-2/h3-6,9-10H2,1-2H3,(H,12,13). The summed E-state index contributed by atoms with van der Waals surface area (Å²) in [6.07, 6.45) is 3.62. The highest BCUT2D eigenvalue weighted by Gasteiger charge is 1.95. The van der Waals surface area contributed by atoms with Gasteiger partial charge in [0.2, 0.25) is 0 Å². The molecule has 0 heterocycles. The van der Waals surface area contributed by atoms with Crippen molar-refractivity contribution < 1.29 is 9.53 Å². The molecule has 0 aliphatic rings. The molecule has 3 nitrogen and oxygen atoms in total. The summed E-state index contributed by atoms with van der Waals surface area (Å²) in [6, 6.07) is 0. The zero-order valence-corrected chi connectivity index (χ0v) is 9.06. The lowest BCUT2D eigenvalue weighted by molar-refractivity contribution is 0.152. The molecule has 0 aliphatic carbocycles. The predicted octanol–water partition coefficient (Wildman–Crippen LogP) is 2.32. The Morgan fingerprint density at radius 2 is 2.00 bits per heavy atom. The molecule has 0 aromatic rings. The van der Waals surface area contributed by atoms with Gasteiger partial charge in [-0.1, -0.05) is 13.3 Å². The fourth-order valence-corrected chi connectivity index (χ4v) is 0.851. The largest absolute Gasteiger partial charge is 0.450 e. The average Bonchev–Trinajstić information content (AvgIpc) is 2.17. The average molecular weight is 197 g/mol. The summed E-state index contributed by atoms with van der Waals surface area (Å²) in [4.78, 5) is 10.8. The number of carbonyl (C=O) groups excluding carboxylic acids is 1. The summed E-state index contributed by atoms with van der Waals surface area (Å²) >= 11 is 0. The van der Waals surface area contributed by atoms with E-state index < -0.39 is 0 Å². The third kappa shape index (κ3) is 8.92. The highest BCUT2D eigenvalue weighted by atomic mass is 16.5. The number of hydrogen-bond acceptors (Lipinski definition) is 2. The van der Waals surface area contributed by atoms with Crippen LogP contribution in [0.3, 0.4) is 0 Å². The number of nitrogens with one attached hydrogen (secondary N) is 1. The van der Waals surface area contributed by atoms with Crippen molar-refractivity contribution in [3.05, 3.63) is 0 Å². The van der Waals surface area contributed by atoms with E-state index in [4.69, 9.17) is 0 Å². The highest BCUT2D eigenvalue weighted by molar-refractivity contribution is 5.66. The number of rotatable bonds is 5. The van der Waals surface area contributed by atoms with Gasteiger partial charge in [-0.2, -0.15) is 0 Å². The SMILES string of the molecule is CCCCC#CCCNC(=O)OCC. The molecule has 0 aliphatic heterocycles. The first-order valence-electron chi connectivity index (χ1n) is 5.17. The summed E-state index contributed by atoms with van der Waals surface area (Å²) in [5.74, 6) is 6.05. The lowest BCUT2D eigenvalue weighted by Crippen LogP contribution is -2.24. The van der Waals surface area contributed by atoms with Crippen molar-refractivity contribution in [3.8, 4) is 11.8 Å². The molecule has 1 N–H and O–H groups in total. The third-order valence-corrected chi connectivity index (χ3v) is 1.58. The molecule has 0 atom stereocenters. The third-order valence-electron chi connectivity index (χ3n) is 1.58. The Morgan fingerprint density at radius 1 is 1.29 bits per heavy atom. The van der Waals surface area contributed by atoms with Crippen molar-refractivity contribution in [1.29, 1.82) is 0 Å². The topological polar surface area (TPSA) is 38.3 Å². The number of amides is 1. The van der Waals surface area contributed by atoms with E-state index in [-0.39, 0.29) is 6.09 Å². The van der Waals surface area contributed by atoms with Gasteiger partial charge in [-0.15, -0.1) is 11.8 Å². The van der Waals surface area contributed by atoms with Gasteiger partial charge in [0.15, 0.2) is 0 Å². The molecule has 0 aromatic heterocycles. The van der Waals surface area contributed by atoms with Crippen LogP contribution in [-0.4, -0.2) is 19.2 Å². The van der Waals surface area contributed by atoms with E-state index in [2.05, 4.69) is 28.8 Å². The minimum absolute atomic E-state index is 0.358. The van der Waals surface area contributed by atoms with Gasteiger partial charge < -0.3 is 10.1 Å². The molecule has 1 amide bonds. The van der Waals surface area contributed by atoms with Gasteiger partial charge in [0.25, 0.3) is 0 Å². The fourth-order valence-electron chi connectivity index (χ4n) is 0.851. The molecule has 80 valence electrons. The van der Waals surface area contributed by atoms with E-state index in [0.29, 0.717) is 19.6 Å². The quantitative estimate of drug-likeness (QED) is 0.542. The normalized spacial score (nSPS) is 8.71. The van der Waals surface area contributed by atoms with Crippen LogP contribution in [0, 0.1) is 11.8 Å². The second-order valence-electron chi connectivity index (χ2n) is 2.85. The molecule has 0 spiro atoms. The molecule has 3 heteroatoms. The summed E-state index contributed by atoms with van der Waals surface area (Å²) < 4.78 is 4.69. The number of hydrogen-bond donors (Lipinski definition) is 1. The van der Waals surface area contributed by atoms with Crippen LogP contribution in [0.4, 0.5) is 4.79 Å². The van der Waals surface area contributed by atoms with Gasteiger partial charge in [-0.05, 0) is 13.3 Å². The van der Waals surface area contributed by atoms with Crippen molar-refractivity contribution in [2.75, 3.05) is 13.2 Å². The monoisotopic (exact) mass is 197 g/mol. The molecule has 0 rings (SSSR count). The smallest absolute Gasteiger partial charge is 0.407 e. The molecule has 0 fully saturated rings. The number of ether oxygens (including phenoxy) is 1. The number of unbranched alkanes of at least 4 members (excludes halogenated alkanes) is 2. The molecular weight excluding hydrogens is 178 g/mol. The Hall–Kier alpha value is -1.17. The Morgan fingerprint density at radius 3 is 2.64 bits per heavy atom. The van der Waals surface area contributed by atoms with E-state index in [1.165, 1.54) is 6.42 Å². The minimum atomic E-state index is -0.358. The molecule has 0 saturated heterocycles. The summed E-state index contributed by atoms with van der Waals surface area (Å²) in [5.41, 5.74) is 0. The second-order valence-corrected chi connectivity index (χ2v) is 2.85. The van der Waals surface area contributed by atoms with E-state index in [1.807, 2.05) is 0 Å². The molecular formula is C11H19NO2. The van der Waals surface area contributed by atoms with Crippen LogP contribution < -0.4 is 5.32 Å². The molecule has 14 heavy (non-hydrogen) atoms. The van der Waals surface area contributed by atoms with E-state index in [0.717, 1.165) is 12.8 Å². The van der Waals surface area contributed by atoms with Crippen molar-refractivity contribution in [2.45, 2.75) is 39.5 Å². The highest BCUT2D eigenvalue weighted by Crippen LogP contribution is 1.90. The van der Waals surface area contributed by atoms with Gasteiger partial charge in [0, 0.05) is 19.4 Å². The van der Waals surface area contributed by atoms with Crippen LogP contribution in [0.1, 0.15) is 39.5 Å². The first kappa shape index (κ1) is 12.8. The van der Waals surface area contributed by atoms with Crippen molar-refractivity contribution in [2.24, 2.45) is 0 Å². The van der Waals surface area contributed by atoms with Crippen molar-refractivity contribution in [1.82, 2.24) is 5.32 Å². The minimum Gasteiger partial charge on any atom is -0.450 e. The Bertz CT molecular complexity index is 203. The van der Waals surface area contributed by atoms with Crippen LogP contribution in [0.5, 0.6) is 0 Å². The molecule has 0 bridgehead atoms. The van der Waals surface area contributed by atoms with Crippen molar-refractivity contribution in [3.63, 3.8) is 0 Å². The fraction of sp³-hybridized carbons (Fsp3) is 0.727. The zero-order chi connectivity index (χ0) is 10.6. The Balaban J connectivity index is 3.26. The van der Waals surface area contributed by atoms with Gasteiger partial charge in [-0.3, -0.25) is 0 Å². The molecule has 0 saturated carbocycles. The first-order valence-corrected chi connectivity index (χ1v) is 5.17. The second kappa shape index (κ2) is 9.91. The lowest BCUT2D eigenvalue weighted by Gasteiger charge is -2.01. The van der Waals surface area contributed by atoms with E-state index >= 15 is 0 Å². The van der Waals surface area contributed by atoms with Gasteiger partial charge in [0.1, 0.15) is 0 Å². The maximum absolute atomic E-state index is 10.8. The van der Waals surface area contributed by atoms with Gasteiger partial charge >= 0.3 is 6.09 Å².